The summed E-state index contributed by atoms with van der Waals surface area (Å²) in [6.07, 6.45) is 0.533. The summed E-state index contributed by atoms with van der Waals surface area (Å²) in [5, 5.41) is 73.6. The summed E-state index contributed by atoms with van der Waals surface area (Å²) in [4.78, 5) is 37.1. The van der Waals surface area contributed by atoms with Gasteiger partial charge in [0.25, 0.3) is 5.91 Å². The minimum absolute atomic E-state index is 0.0507. The maximum atomic E-state index is 14.3. The smallest absolute Gasteiger partial charge is 0.327 e. The number of phenolic OH excluding ortho intramolecular Hbond substituents is 2. The van der Waals surface area contributed by atoms with E-state index in [1.807, 2.05) is 30.3 Å². The van der Waals surface area contributed by atoms with E-state index in [1.165, 1.54) is 30.4 Å². The van der Waals surface area contributed by atoms with Crippen molar-refractivity contribution in [1.29, 1.82) is 0 Å². The molecule has 0 bridgehead atoms. The SMILES string of the molecule is O=C(O)[C@H]1[C@H](CC2(c3ccccc3)CCCC2)c2cc(O)c(O[C@@H]3O[C@H](CO)[C@@H](O)[C@H](O)[C@H]3O)cc2N1C(=O)/C=C/c1ccc(O)c(CC2=NCN=C2)c1. The number of carboxylic acid groups (broad SMARTS) is 1. The van der Waals surface area contributed by atoms with Crippen molar-refractivity contribution in [2.75, 3.05) is 18.2 Å². The molecule has 1 aliphatic carbocycles. The zero-order valence-electron chi connectivity index (χ0n) is 29.3. The minimum atomic E-state index is -1.79. The Balaban J connectivity index is 1.27. The zero-order valence-corrected chi connectivity index (χ0v) is 29.3. The largest absolute Gasteiger partial charge is 0.508 e. The molecule has 7 N–H and O–H groups in total. The summed E-state index contributed by atoms with van der Waals surface area (Å²) in [6, 6.07) is 16.0. The lowest BCUT2D eigenvalue weighted by Crippen LogP contribution is -2.60. The molecule has 0 spiro atoms. The summed E-state index contributed by atoms with van der Waals surface area (Å²) in [5.74, 6) is -3.34. The molecular formula is C40H43N3O11. The molecule has 2 fully saturated rings. The summed E-state index contributed by atoms with van der Waals surface area (Å²) >= 11 is 0. The van der Waals surface area contributed by atoms with Crippen LogP contribution in [0.25, 0.3) is 6.08 Å². The van der Waals surface area contributed by atoms with Gasteiger partial charge in [-0.05, 0) is 65.6 Å². The Kier molecular flexibility index (Phi) is 10.6. The van der Waals surface area contributed by atoms with Crippen LogP contribution in [-0.4, -0.2) is 110 Å². The van der Waals surface area contributed by atoms with E-state index < -0.39 is 66.9 Å². The van der Waals surface area contributed by atoms with E-state index in [-0.39, 0.29) is 22.6 Å². The van der Waals surface area contributed by atoms with Crippen LogP contribution in [0.2, 0.25) is 0 Å². The normalized spacial score (nSPS) is 27.3. The summed E-state index contributed by atoms with van der Waals surface area (Å²) in [5.41, 5.74) is 3.10. The number of aliphatic hydroxyl groups excluding tert-OH is 4. The van der Waals surface area contributed by atoms with Gasteiger partial charge in [-0.3, -0.25) is 19.7 Å². The standard InChI is InChI=1S/C40H43N3O11/c44-20-32-35(48)36(49)37(50)39(54-32)53-31-17-28-26(16-30(31)46)27(18-40(12-4-5-13-40)24-6-2-1-3-7-24)34(38(51)52)43(28)33(47)11-9-22-8-10-29(45)23(14-22)15-25-19-41-21-42-25/h1-3,6-11,14,16-17,19,27,32,34-37,39,44-46,48-50H,4-5,12-13,15,18,20-21H2,(H,51,52)/b11-9+/t27-,32-,34-,35-,36+,37-,39-/m1/s1. The molecule has 4 aliphatic rings. The summed E-state index contributed by atoms with van der Waals surface area (Å²) < 4.78 is 11.3. The number of anilines is 1. The number of aliphatic imine (C=N–C) groups is 2. The Morgan fingerprint density at radius 1 is 0.963 bits per heavy atom. The highest BCUT2D eigenvalue weighted by Gasteiger charge is 2.51. The van der Waals surface area contributed by atoms with E-state index in [4.69, 9.17) is 9.47 Å². The molecule has 3 heterocycles. The van der Waals surface area contributed by atoms with Gasteiger partial charge in [0.2, 0.25) is 6.29 Å². The summed E-state index contributed by atoms with van der Waals surface area (Å²) in [6.45, 7) is -0.376. The minimum Gasteiger partial charge on any atom is -0.508 e. The number of carbonyl (C=O) groups is 2. The summed E-state index contributed by atoms with van der Waals surface area (Å²) in [7, 11) is 0. The molecule has 0 aromatic heterocycles. The van der Waals surface area contributed by atoms with Gasteiger partial charge in [0.1, 0.15) is 42.9 Å². The zero-order chi connectivity index (χ0) is 38.1. The Morgan fingerprint density at radius 3 is 2.41 bits per heavy atom. The maximum absolute atomic E-state index is 14.3. The van der Waals surface area contributed by atoms with Crippen molar-refractivity contribution < 1.29 is 54.8 Å². The number of benzene rings is 3. The molecule has 0 unspecified atom stereocenters. The molecule has 7 atom stereocenters. The average Bonchev–Trinajstić information content (AvgIpc) is 3.93. The fourth-order valence-electron chi connectivity index (χ4n) is 8.31. The van der Waals surface area contributed by atoms with E-state index in [1.54, 1.807) is 18.3 Å². The van der Waals surface area contributed by atoms with E-state index in [9.17, 15) is 45.3 Å². The van der Waals surface area contributed by atoms with Crippen LogP contribution in [0.5, 0.6) is 17.2 Å². The average molecular weight is 742 g/mol. The van der Waals surface area contributed by atoms with Crippen molar-refractivity contribution >= 4 is 35.6 Å². The third-order valence-corrected chi connectivity index (χ3v) is 11.1. The molecule has 3 aromatic rings. The maximum Gasteiger partial charge on any atom is 0.327 e. The number of carbonyl (C=O) groups excluding carboxylic acids is 1. The first kappa shape index (κ1) is 37.2. The van der Waals surface area contributed by atoms with E-state index in [2.05, 4.69) is 9.98 Å². The van der Waals surface area contributed by atoms with Gasteiger partial charge < -0.3 is 45.2 Å². The molecule has 1 saturated carbocycles. The molecule has 3 aromatic carbocycles. The Bertz CT molecular complexity index is 1970. The number of rotatable bonds is 11. The molecule has 7 rings (SSSR count). The molecule has 54 heavy (non-hydrogen) atoms. The Morgan fingerprint density at radius 2 is 1.72 bits per heavy atom. The molecule has 1 amide bonds. The quantitative estimate of drug-likeness (QED) is 0.142. The van der Waals surface area contributed by atoms with Crippen LogP contribution < -0.4 is 9.64 Å². The highest BCUT2D eigenvalue weighted by atomic mass is 16.7. The van der Waals surface area contributed by atoms with Gasteiger partial charge in [0.05, 0.1) is 18.0 Å². The van der Waals surface area contributed by atoms with Crippen molar-refractivity contribution in [2.45, 2.75) is 86.6 Å². The van der Waals surface area contributed by atoms with Gasteiger partial charge in [-0.1, -0.05) is 49.2 Å². The lowest BCUT2D eigenvalue weighted by molar-refractivity contribution is -0.277. The van der Waals surface area contributed by atoms with Gasteiger partial charge in [0, 0.05) is 36.3 Å². The van der Waals surface area contributed by atoms with Gasteiger partial charge in [-0.15, -0.1) is 0 Å². The molecule has 284 valence electrons. The Labute approximate surface area is 311 Å². The van der Waals surface area contributed by atoms with Crippen LogP contribution in [0.4, 0.5) is 5.69 Å². The topological polar surface area (TPSA) is 222 Å². The first-order chi connectivity index (χ1) is 26.0. The molecule has 0 radical (unpaired) electrons. The predicted molar refractivity (Wildman–Crippen MR) is 197 cm³/mol. The predicted octanol–water partition coefficient (Wildman–Crippen LogP) is 2.80. The van der Waals surface area contributed by atoms with Crippen molar-refractivity contribution in [3.05, 3.63) is 89.0 Å². The number of nitrogens with zero attached hydrogens (tertiary/aromatic N) is 3. The second kappa shape index (κ2) is 15.3. The fraction of sp³-hybridized carbons (Fsp3) is 0.400. The van der Waals surface area contributed by atoms with Crippen molar-refractivity contribution in [1.82, 2.24) is 0 Å². The number of phenols is 2. The van der Waals surface area contributed by atoms with Crippen LogP contribution in [0.3, 0.4) is 0 Å². The van der Waals surface area contributed by atoms with E-state index in [0.717, 1.165) is 36.1 Å². The van der Waals surface area contributed by atoms with Gasteiger partial charge >= 0.3 is 5.97 Å². The number of amides is 1. The number of hydrogen-bond acceptors (Lipinski definition) is 12. The second-order valence-corrected chi connectivity index (χ2v) is 14.4. The number of ether oxygens (including phenoxy) is 2. The number of aliphatic carboxylic acids is 1. The van der Waals surface area contributed by atoms with Crippen LogP contribution in [0.1, 0.15) is 60.3 Å². The van der Waals surface area contributed by atoms with Crippen molar-refractivity contribution in [3.8, 4) is 17.2 Å². The highest BCUT2D eigenvalue weighted by Crippen LogP contribution is 2.54. The monoisotopic (exact) mass is 741 g/mol. The number of aliphatic hydroxyl groups is 4. The lowest BCUT2D eigenvalue weighted by Gasteiger charge is -2.39. The fourth-order valence-corrected chi connectivity index (χ4v) is 8.31. The van der Waals surface area contributed by atoms with Gasteiger partial charge in [-0.25, -0.2) is 4.79 Å². The van der Waals surface area contributed by atoms with E-state index in [0.29, 0.717) is 41.9 Å². The van der Waals surface area contributed by atoms with E-state index >= 15 is 0 Å². The number of carboxylic acids is 1. The number of fused-ring (bicyclic) bond motifs is 1. The number of hydrogen-bond donors (Lipinski definition) is 7. The molecule has 14 nitrogen and oxygen atoms in total. The third-order valence-electron chi connectivity index (χ3n) is 11.1. The molecule has 14 heteroatoms. The lowest BCUT2D eigenvalue weighted by atomic mass is 9.70. The molecule has 3 aliphatic heterocycles. The van der Waals surface area contributed by atoms with Crippen LogP contribution in [-0.2, 0) is 26.2 Å². The van der Waals surface area contributed by atoms with Gasteiger partial charge in [0.15, 0.2) is 11.5 Å². The first-order valence-electron chi connectivity index (χ1n) is 18.0. The highest BCUT2D eigenvalue weighted by molar-refractivity contribution is 6.32. The third kappa shape index (κ3) is 7.10. The Hall–Kier alpha value is -5.12. The van der Waals surface area contributed by atoms with Crippen molar-refractivity contribution in [3.63, 3.8) is 0 Å². The molecular weight excluding hydrogens is 698 g/mol. The molecule has 1 saturated heterocycles. The van der Waals surface area contributed by atoms with Crippen LogP contribution in [0, 0.1) is 0 Å². The number of aromatic hydroxyl groups is 2. The first-order valence-corrected chi connectivity index (χ1v) is 18.0. The van der Waals surface area contributed by atoms with Crippen LogP contribution in [0.15, 0.2) is 76.7 Å². The second-order valence-electron chi connectivity index (χ2n) is 14.4. The van der Waals surface area contributed by atoms with Crippen molar-refractivity contribution in [2.24, 2.45) is 9.98 Å². The van der Waals surface area contributed by atoms with Gasteiger partial charge in [-0.2, -0.15) is 0 Å². The van der Waals surface area contributed by atoms with Crippen LogP contribution >= 0.6 is 0 Å².